The first-order chi connectivity index (χ1) is 48.3. The van der Waals surface area contributed by atoms with Gasteiger partial charge in [-0.1, -0.05) is 26.3 Å². The third kappa shape index (κ3) is 27.1. The van der Waals surface area contributed by atoms with Crippen molar-refractivity contribution in [2.24, 2.45) is 4.99 Å². The molecule has 4 aromatic rings. The number of allylic oxidation sites excluding steroid dienone is 13. The van der Waals surface area contributed by atoms with Gasteiger partial charge in [-0.3, -0.25) is 19.0 Å². The van der Waals surface area contributed by atoms with Crippen molar-refractivity contribution in [3.05, 3.63) is 258 Å². The average Bonchev–Trinajstić information content (AvgIpc) is 0.801. The minimum Gasteiger partial charge on any atom is -0.343 e. The molecule has 0 fully saturated rings. The first-order valence-corrected chi connectivity index (χ1v) is 38.3. The molecule has 8 heterocycles. The minimum atomic E-state index is -0.202. The van der Waals surface area contributed by atoms with Crippen molar-refractivity contribution in [2.45, 2.75) is 349 Å². The lowest BCUT2D eigenvalue weighted by Gasteiger charge is -2.42. The van der Waals surface area contributed by atoms with Crippen LogP contribution in [-0.2, 0) is 22.2 Å². The Hall–Kier alpha value is -8.26. The fraction of sp³-hybridized carbons (Fsp3) is 0.553. The van der Waals surface area contributed by atoms with Crippen molar-refractivity contribution < 1.29 is 0 Å². The molecule has 0 aromatic carbocycles. The molecule has 0 amide bonds. The smallest absolute Gasteiger partial charge is 0.343 e. The number of hydrogen-bond donors (Lipinski definition) is 0. The third-order valence-corrected chi connectivity index (χ3v) is 19.5. The molecule has 4 aliphatic rings. The zero-order chi connectivity index (χ0) is 85.3. The summed E-state index contributed by atoms with van der Waals surface area (Å²) >= 11 is 0. The molecule has 14 nitrogen and oxygen atoms in total. The van der Waals surface area contributed by atoms with Gasteiger partial charge in [0.05, 0.1) is 0 Å². The van der Waals surface area contributed by atoms with E-state index in [1.807, 2.05) is 153 Å². The summed E-state index contributed by atoms with van der Waals surface area (Å²) < 4.78 is 7.19. The SMILES string of the molecule is C=C1C=C(C)C(C)=C(C)N1C(C)(C)C.C=C1C=C(C)C(C)=CN1C(C)(C)C.C=C1C=C(C)C=C(C)N1C(C)(C)C.C=C1N=C(C)C(C)=C(C)N1C(C)(C)C.Cc1cc(=O)n(C(C)(C)C)c(C)c1C.Cc1cc(=O)n(C(C)(C)C)cc1C.Cc1cc(C)n(C(C)(C)C)c(=O)c1.Cc1nc(=O)n(C(C)(C)C)c(C)c1C. The molecule has 0 atom stereocenters. The van der Waals surface area contributed by atoms with E-state index in [1.165, 1.54) is 56.1 Å². The van der Waals surface area contributed by atoms with Crippen LogP contribution in [0.3, 0.4) is 0 Å². The summed E-state index contributed by atoms with van der Waals surface area (Å²) in [6.45, 7) is 108. The standard InChI is InChI=1S/C13H21N.C12H20N2.C12H19NO.2C12H19N.C11H18N2O.2C11H17NO/c1-9-8-10(2)14(13(5,6)7)12(4)11(9)3;1-8-9(2)13-11(4)14(10(8)3)12(5,6)7;1-8-7-11(14)13(12(4,5)6)10(3)9(8)2;1-9-7-11(3)13(8-10(9)2)12(4,5)6;1-9-7-10(2)13(11(3)8-9)12(4,5)6;1-7-8(2)12-10(14)13(9(7)3)11(4,5)6;1-8-6-10(13)12(7-9(8)2)11(3,4)5;1-8-6-9(2)12(10(13)7-8)11(3,4)5/h8H,2H2,1,3-7H3;4H2,1-3,5-7H3;7H,1-6H3;7-8H,3H2,1-2,4-6H3;7-8H,2H2,1,3-6H3;1-6H3;2*6-7H,1-5H3. The fourth-order valence-corrected chi connectivity index (χ4v) is 13.7. The van der Waals surface area contributed by atoms with Crippen molar-refractivity contribution in [3.8, 4) is 0 Å². The molecule has 8 rings (SSSR count). The van der Waals surface area contributed by atoms with E-state index in [0.29, 0.717) is 0 Å². The molecule has 4 aromatic heterocycles. The number of aryl methyl sites for hydroxylation is 6. The van der Waals surface area contributed by atoms with E-state index in [-0.39, 0.29) is 66.7 Å². The Morgan fingerprint density at radius 2 is 0.787 bits per heavy atom. The van der Waals surface area contributed by atoms with Crippen molar-refractivity contribution in [1.29, 1.82) is 0 Å². The molecular formula is C94H150N10O4. The molecule has 0 radical (unpaired) electrons. The zero-order valence-electron chi connectivity index (χ0n) is 76.7. The maximum Gasteiger partial charge on any atom is 0.348 e. The Kier molecular flexibility index (Phi) is 33.5. The summed E-state index contributed by atoms with van der Waals surface area (Å²) in [5.74, 6) is 0.845. The molecule has 0 bridgehead atoms. The lowest BCUT2D eigenvalue weighted by molar-refractivity contribution is 0.232. The second-order valence-corrected chi connectivity index (χ2v) is 37.8. The summed E-state index contributed by atoms with van der Waals surface area (Å²) in [7, 11) is 0. The molecular weight excluding hydrogens is 1330 g/mol. The lowest BCUT2D eigenvalue weighted by Crippen LogP contribution is -2.41. The van der Waals surface area contributed by atoms with Gasteiger partial charge in [0, 0.05) is 138 Å². The van der Waals surface area contributed by atoms with Crippen molar-refractivity contribution in [1.82, 2.24) is 42.9 Å². The minimum absolute atomic E-state index is 0.0482. The van der Waals surface area contributed by atoms with Gasteiger partial charge in [-0.05, 0) is 402 Å². The van der Waals surface area contributed by atoms with E-state index < -0.39 is 0 Å². The number of nitrogens with zero attached hydrogens (tertiary/aromatic N) is 10. The fourth-order valence-electron chi connectivity index (χ4n) is 13.7. The second kappa shape index (κ2) is 37.0. The lowest BCUT2D eigenvalue weighted by atomic mass is 9.95. The van der Waals surface area contributed by atoms with Gasteiger partial charge in [0.15, 0.2) is 0 Å². The summed E-state index contributed by atoms with van der Waals surface area (Å²) in [4.78, 5) is 64.2. The summed E-state index contributed by atoms with van der Waals surface area (Å²) in [6.07, 6.45) is 12.7. The summed E-state index contributed by atoms with van der Waals surface area (Å²) in [5, 5.41) is 0. The first-order valence-electron chi connectivity index (χ1n) is 38.3. The molecule has 14 heteroatoms. The molecule has 0 N–H and O–H groups in total. The van der Waals surface area contributed by atoms with Crippen LogP contribution in [0.15, 0.2) is 185 Å². The highest BCUT2D eigenvalue weighted by atomic mass is 16.1. The predicted molar refractivity (Wildman–Crippen MR) is 470 cm³/mol. The van der Waals surface area contributed by atoms with Gasteiger partial charge in [-0.25, -0.2) is 9.79 Å². The zero-order valence-corrected chi connectivity index (χ0v) is 76.7. The van der Waals surface area contributed by atoms with Crippen molar-refractivity contribution in [2.75, 3.05) is 0 Å². The normalized spacial score (nSPS) is 15.3. The van der Waals surface area contributed by atoms with Crippen LogP contribution < -0.4 is 22.4 Å². The number of rotatable bonds is 0. The Bertz CT molecular complexity index is 4350. The van der Waals surface area contributed by atoms with Crippen LogP contribution >= 0.6 is 0 Å². The topological polar surface area (TPSA) is 126 Å². The Morgan fingerprint density at radius 3 is 1.21 bits per heavy atom. The number of hydrogen-bond acceptors (Lipinski definition) is 10. The van der Waals surface area contributed by atoms with Gasteiger partial charge in [-0.2, -0.15) is 4.98 Å². The molecule has 108 heavy (non-hydrogen) atoms. The van der Waals surface area contributed by atoms with E-state index in [2.05, 4.69) is 259 Å². The highest BCUT2D eigenvalue weighted by Crippen LogP contribution is 2.35. The van der Waals surface area contributed by atoms with Crippen LogP contribution in [0.1, 0.15) is 292 Å². The van der Waals surface area contributed by atoms with Crippen LogP contribution in [-0.4, -0.2) is 70.7 Å². The largest absolute Gasteiger partial charge is 0.348 e. The van der Waals surface area contributed by atoms with Crippen molar-refractivity contribution in [3.63, 3.8) is 0 Å². The molecule has 4 aliphatic heterocycles. The summed E-state index contributed by atoms with van der Waals surface area (Å²) in [5.41, 5.74) is 26.5. The Morgan fingerprint density at radius 1 is 0.361 bits per heavy atom. The van der Waals surface area contributed by atoms with E-state index in [9.17, 15) is 19.2 Å². The van der Waals surface area contributed by atoms with Gasteiger partial charge < -0.3 is 33.3 Å². The van der Waals surface area contributed by atoms with Crippen LogP contribution in [0, 0.1) is 69.2 Å². The summed E-state index contributed by atoms with van der Waals surface area (Å²) in [6, 6.07) is 7.12. The molecule has 600 valence electrons. The highest BCUT2D eigenvalue weighted by Gasteiger charge is 2.31. The molecule has 0 unspecified atom stereocenters. The molecule has 0 spiro atoms. The van der Waals surface area contributed by atoms with Crippen LogP contribution in [0.2, 0.25) is 0 Å². The van der Waals surface area contributed by atoms with E-state index >= 15 is 0 Å². The molecule has 0 aliphatic carbocycles. The van der Waals surface area contributed by atoms with E-state index in [1.54, 1.807) is 27.3 Å². The van der Waals surface area contributed by atoms with Crippen molar-refractivity contribution >= 4 is 5.71 Å². The first kappa shape index (κ1) is 97.8. The molecule has 0 saturated carbocycles. The van der Waals surface area contributed by atoms with E-state index in [4.69, 9.17) is 0 Å². The van der Waals surface area contributed by atoms with Gasteiger partial charge >= 0.3 is 5.69 Å². The van der Waals surface area contributed by atoms with Gasteiger partial charge in [0.25, 0.3) is 16.7 Å². The van der Waals surface area contributed by atoms with E-state index in [0.717, 1.165) is 79.2 Å². The Balaban J connectivity index is 0.000000617. The van der Waals surface area contributed by atoms with Gasteiger partial charge in [0.2, 0.25) is 0 Å². The highest BCUT2D eigenvalue weighted by molar-refractivity contribution is 5.99. The number of aliphatic imine (C=N–C) groups is 1. The average molecular weight is 1480 g/mol. The van der Waals surface area contributed by atoms with Crippen LogP contribution in [0.25, 0.3) is 0 Å². The van der Waals surface area contributed by atoms with Gasteiger partial charge in [-0.15, -0.1) is 0 Å². The van der Waals surface area contributed by atoms with Crippen LogP contribution in [0.5, 0.6) is 0 Å². The third-order valence-electron chi connectivity index (χ3n) is 19.5. The maximum absolute atomic E-state index is 11.8. The maximum atomic E-state index is 11.8. The molecule has 0 saturated heterocycles. The quantitative estimate of drug-likeness (QED) is 0.169. The van der Waals surface area contributed by atoms with Gasteiger partial charge in [0.1, 0.15) is 5.82 Å². The number of pyridine rings is 3. The predicted octanol–water partition coefficient (Wildman–Crippen LogP) is 23.0. The number of aromatic nitrogens is 5. The Labute approximate surface area is 657 Å². The second-order valence-electron chi connectivity index (χ2n) is 37.8. The monoisotopic (exact) mass is 1480 g/mol. The van der Waals surface area contributed by atoms with Crippen LogP contribution in [0.4, 0.5) is 0 Å².